The molecule has 2 rings (SSSR count). The van der Waals surface area contributed by atoms with Crippen molar-refractivity contribution < 1.29 is 4.74 Å². The molecule has 23 heavy (non-hydrogen) atoms. The highest BCUT2D eigenvalue weighted by Crippen LogP contribution is 2.16. The summed E-state index contributed by atoms with van der Waals surface area (Å²) in [6.07, 6.45) is 2.46. The maximum Gasteiger partial charge on any atom is 0.192 e. The van der Waals surface area contributed by atoms with Crippen LogP contribution in [0.5, 0.6) is 0 Å². The number of hydrogen-bond donors (Lipinski definition) is 2. The van der Waals surface area contributed by atoms with Crippen LogP contribution in [0, 0.1) is 6.92 Å². The molecule has 0 aromatic carbocycles. The molecule has 7 nitrogen and oxygen atoms in total. The molecule has 1 aliphatic rings. The predicted molar refractivity (Wildman–Crippen MR) is 106 cm³/mol. The number of thioether (sulfide) groups is 1. The van der Waals surface area contributed by atoms with E-state index in [9.17, 15) is 0 Å². The van der Waals surface area contributed by atoms with Gasteiger partial charge >= 0.3 is 0 Å². The summed E-state index contributed by atoms with van der Waals surface area (Å²) in [5, 5.41) is 15.0. The van der Waals surface area contributed by atoms with E-state index in [2.05, 4.69) is 25.8 Å². The van der Waals surface area contributed by atoms with Crippen LogP contribution >= 0.6 is 35.7 Å². The minimum atomic E-state index is 0. The number of nitrogens with zero attached hydrogens (tertiary/aromatic N) is 4. The van der Waals surface area contributed by atoms with Gasteiger partial charge in [-0.2, -0.15) is 11.8 Å². The van der Waals surface area contributed by atoms with E-state index in [0.717, 1.165) is 29.9 Å². The molecule has 9 heteroatoms. The Morgan fingerprint density at radius 2 is 2.30 bits per heavy atom. The summed E-state index contributed by atoms with van der Waals surface area (Å²) in [5.41, 5.74) is 0. The number of halogens is 1. The highest BCUT2D eigenvalue weighted by atomic mass is 127. The smallest absolute Gasteiger partial charge is 0.192 e. The minimum absolute atomic E-state index is 0. The maximum absolute atomic E-state index is 5.09. The van der Waals surface area contributed by atoms with Gasteiger partial charge in [0.05, 0.1) is 6.61 Å². The summed E-state index contributed by atoms with van der Waals surface area (Å²) in [5.74, 6) is 4.98. The zero-order valence-electron chi connectivity index (χ0n) is 14.0. The Kier molecular flexibility index (Phi) is 9.88. The molecular formula is C14H27IN6OS. The number of aliphatic imine (C=N–C) groups is 1. The fraction of sp³-hybridized carbons (Fsp3) is 0.786. The van der Waals surface area contributed by atoms with Crippen molar-refractivity contribution >= 4 is 41.7 Å². The highest BCUT2D eigenvalue weighted by Gasteiger charge is 2.15. The molecule has 1 fully saturated rings. The Morgan fingerprint density at radius 3 is 2.91 bits per heavy atom. The molecule has 132 valence electrons. The molecule has 1 atom stereocenters. The summed E-state index contributed by atoms with van der Waals surface area (Å²) in [4.78, 5) is 4.64. The van der Waals surface area contributed by atoms with E-state index >= 15 is 0 Å². The predicted octanol–water partition coefficient (Wildman–Crippen LogP) is 1.32. The number of nitrogens with one attached hydrogen (secondary N) is 2. The summed E-state index contributed by atoms with van der Waals surface area (Å²) in [6.45, 7) is 3.85. The fourth-order valence-corrected chi connectivity index (χ4v) is 3.28. The quantitative estimate of drug-likeness (QED) is 0.292. The van der Waals surface area contributed by atoms with Gasteiger partial charge < -0.3 is 19.9 Å². The lowest BCUT2D eigenvalue weighted by atomic mass is 10.2. The van der Waals surface area contributed by atoms with Gasteiger partial charge in [0, 0.05) is 32.5 Å². The first-order valence-corrected chi connectivity index (χ1v) is 8.82. The second kappa shape index (κ2) is 11.1. The topological polar surface area (TPSA) is 76.4 Å². The lowest BCUT2D eigenvalue weighted by Crippen LogP contribution is -2.46. The molecule has 1 aliphatic heterocycles. The van der Waals surface area contributed by atoms with Gasteiger partial charge in [-0.3, -0.25) is 0 Å². The van der Waals surface area contributed by atoms with Crippen LogP contribution in [0.15, 0.2) is 4.99 Å². The van der Waals surface area contributed by atoms with Crippen molar-refractivity contribution in [3.05, 3.63) is 11.6 Å². The van der Waals surface area contributed by atoms with E-state index in [1.165, 1.54) is 18.6 Å². The van der Waals surface area contributed by atoms with Crippen molar-refractivity contribution in [2.45, 2.75) is 32.4 Å². The number of ether oxygens (including phenoxy) is 1. The van der Waals surface area contributed by atoms with Crippen LogP contribution in [0.1, 0.15) is 24.5 Å². The number of guanidine groups is 1. The molecule has 0 bridgehead atoms. The van der Waals surface area contributed by atoms with Crippen molar-refractivity contribution in [3.8, 4) is 0 Å². The fourth-order valence-electron chi connectivity index (χ4n) is 2.21. The van der Waals surface area contributed by atoms with Crippen LogP contribution in [0.4, 0.5) is 0 Å². The first-order chi connectivity index (χ1) is 10.7. The molecule has 1 saturated heterocycles. The first-order valence-electron chi connectivity index (χ1n) is 7.67. The van der Waals surface area contributed by atoms with Crippen LogP contribution < -0.4 is 10.6 Å². The number of methoxy groups -OCH3 is 1. The molecule has 0 amide bonds. The summed E-state index contributed by atoms with van der Waals surface area (Å²) in [6, 6.07) is 0.480. The molecule has 0 spiro atoms. The van der Waals surface area contributed by atoms with Crippen molar-refractivity contribution in [2.75, 3.05) is 31.8 Å². The SMILES string of the molecule is COCCNC(=NCc1nnc(C)n1C)NC1CCCSC1.I. The van der Waals surface area contributed by atoms with Gasteiger partial charge in [-0.25, -0.2) is 4.99 Å². The third kappa shape index (κ3) is 6.84. The zero-order valence-corrected chi connectivity index (χ0v) is 17.2. The normalized spacial score (nSPS) is 18.4. The number of aryl methyl sites for hydroxylation is 1. The van der Waals surface area contributed by atoms with Gasteiger partial charge in [-0.15, -0.1) is 34.2 Å². The summed E-state index contributed by atoms with van der Waals surface area (Å²) in [7, 11) is 3.66. The Hall–Kier alpha value is -0.550. The van der Waals surface area contributed by atoms with Crippen molar-refractivity contribution in [3.63, 3.8) is 0 Å². The monoisotopic (exact) mass is 454 g/mol. The van der Waals surface area contributed by atoms with Crippen LogP contribution in [0.3, 0.4) is 0 Å². The highest BCUT2D eigenvalue weighted by molar-refractivity contribution is 14.0. The van der Waals surface area contributed by atoms with Gasteiger partial charge in [0.25, 0.3) is 0 Å². The van der Waals surface area contributed by atoms with Gasteiger partial charge in [0.2, 0.25) is 0 Å². The Morgan fingerprint density at radius 1 is 1.48 bits per heavy atom. The zero-order chi connectivity index (χ0) is 15.8. The van der Waals surface area contributed by atoms with E-state index in [0.29, 0.717) is 19.2 Å². The van der Waals surface area contributed by atoms with E-state index < -0.39 is 0 Å². The van der Waals surface area contributed by atoms with Gasteiger partial charge in [-0.1, -0.05) is 0 Å². The van der Waals surface area contributed by atoms with E-state index in [4.69, 9.17) is 4.74 Å². The Labute approximate surface area is 159 Å². The molecule has 0 saturated carbocycles. The Balaban J connectivity index is 0.00000264. The van der Waals surface area contributed by atoms with E-state index in [1.807, 2.05) is 30.3 Å². The molecular weight excluding hydrogens is 427 g/mol. The maximum atomic E-state index is 5.09. The van der Waals surface area contributed by atoms with Gasteiger partial charge in [0.15, 0.2) is 11.8 Å². The number of rotatable bonds is 6. The Bertz CT molecular complexity index is 490. The lowest BCUT2D eigenvalue weighted by molar-refractivity contribution is 0.203. The summed E-state index contributed by atoms with van der Waals surface area (Å²) < 4.78 is 7.06. The van der Waals surface area contributed by atoms with Crippen LogP contribution in [-0.4, -0.2) is 58.5 Å². The largest absolute Gasteiger partial charge is 0.383 e. The van der Waals surface area contributed by atoms with Crippen molar-refractivity contribution in [1.82, 2.24) is 25.4 Å². The van der Waals surface area contributed by atoms with Crippen molar-refractivity contribution in [2.24, 2.45) is 12.0 Å². The average Bonchev–Trinajstić information content (AvgIpc) is 2.85. The van der Waals surface area contributed by atoms with Crippen LogP contribution in [0.2, 0.25) is 0 Å². The van der Waals surface area contributed by atoms with Crippen molar-refractivity contribution in [1.29, 1.82) is 0 Å². The second-order valence-corrected chi connectivity index (χ2v) is 6.52. The standard InChI is InChI=1S/C14H26N6OS.HI/c1-11-18-19-13(20(11)2)9-16-14(15-6-7-21-3)17-12-5-4-8-22-10-12;/h12H,4-10H2,1-3H3,(H2,15,16,17);1H. The minimum Gasteiger partial charge on any atom is -0.383 e. The van der Waals surface area contributed by atoms with Gasteiger partial charge in [-0.05, 0) is 25.5 Å². The molecule has 1 aromatic heterocycles. The molecule has 2 N–H and O–H groups in total. The van der Waals surface area contributed by atoms with Crippen LogP contribution in [0.25, 0.3) is 0 Å². The van der Waals surface area contributed by atoms with E-state index in [-0.39, 0.29) is 24.0 Å². The number of hydrogen-bond acceptors (Lipinski definition) is 5. The van der Waals surface area contributed by atoms with Gasteiger partial charge in [0.1, 0.15) is 12.4 Å². The number of aromatic nitrogens is 3. The third-order valence-corrected chi connectivity index (χ3v) is 4.88. The first kappa shape index (κ1) is 20.5. The van der Waals surface area contributed by atoms with E-state index in [1.54, 1.807) is 7.11 Å². The second-order valence-electron chi connectivity index (χ2n) is 5.37. The molecule has 0 aliphatic carbocycles. The lowest BCUT2D eigenvalue weighted by Gasteiger charge is -2.24. The molecule has 1 aromatic rings. The average molecular weight is 454 g/mol. The summed E-state index contributed by atoms with van der Waals surface area (Å²) >= 11 is 2.00. The molecule has 0 radical (unpaired) electrons. The molecule has 2 heterocycles. The third-order valence-electron chi connectivity index (χ3n) is 3.66. The molecule has 1 unspecified atom stereocenters. The van der Waals surface area contributed by atoms with Crippen LogP contribution in [-0.2, 0) is 18.3 Å².